The van der Waals surface area contributed by atoms with Crippen LogP contribution in [0.2, 0.25) is 0 Å². The van der Waals surface area contributed by atoms with Crippen LogP contribution in [0.5, 0.6) is 5.75 Å². The van der Waals surface area contributed by atoms with Crippen LogP contribution < -0.4 is 10.1 Å². The lowest BCUT2D eigenvalue weighted by Crippen LogP contribution is -2.11. The van der Waals surface area contributed by atoms with Crippen LogP contribution in [-0.4, -0.2) is 22.4 Å². The number of nitrogens with zero attached hydrogens (tertiary/aromatic N) is 2. The number of aromatic nitrogens is 2. The van der Waals surface area contributed by atoms with E-state index >= 15 is 0 Å². The fourth-order valence-electron chi connectivity index (χ4n) is 2.61. The molecule has 1 amide bonds. The first kappa shape index (κ1) is 16.4. The minimum Gasteiger partial charge on any atom is -0.494 e. The Bertz CT molecular complexity index is 876. The number of rotatable bonds is 5. The summed E-state index contributed by atoms with van der Waals surface area (Å²) in [6.07, 6.45) is 3.11. The fourth-order valence-corrected chi connectivity index (χ4v) is 3.14. The first-order chi connectivity index (χ1) is 11.6. The molecule has 2 heterocycles. The Hall–Kier alpha value is -2.47. The van der Waals surface area contributed by atoms with Gasteiger partial charge in [0, 0.05) is 28.8 Å². The highest BCUT2D eigenvalue weighted by Gasteiger charge is 2.12. The second-order valence-corrected chi connectivity index (χ2v) is 6.26. The lowest BCUT2D eigenvalue weighted by atomic mass is 10.1. The van der Waals surface area contributed by atoms with Crippen LogP contribution in [0.1, 0.15) is 25.3 Å². The van der Waals surface area contributed by atoms with Gasteiger partial charge in [0.25, 0.3) is 0 Å². The van der Waals surface area contributed by atoms with E-state index in [0.717, 1.165) is 34.1 Å². The van der Waals surface area contributed by atoms with Crippen molar-refractivity contribution in [2.75, 3.05) is 12.4 Å². The van der Waals surface area contributed by atoms with Crippen LogP contribution in [0.3, 0.4) is 0 Å². The minimum atomic E-state index is -0.0123. The van der Waals surface area contributed by atoms with Gasteiger partial charge in [-0.3, -0.25) is 4.79 Å². The van der Waals surface area contributed by atoms with E-state index in [0.29, 0.717) is 17.9 Å². The van der Waals surface area contributed by atoms with E-state index < -0.39 is 0 Å². The van der Waals surface area contributed by atoms with Crippen molar-refractivity contribution in [1.82, 2.24) is 9.36 Å². The molecule has 0 atom stereocenters. The Balaban J connectivity index is 2.08. The normalized spacial score (nSPS) is 10.8. The molecule has 1 N–H and O–H groups in total. The molecule has 124 valence electrons. The number of hydrogen-bond acceptors (Lipinski definition) is 5. The third-order valence-electron chi connectivity index (χ3n) is 3.82. The van der Waals surface area contributed by atoms with Crippen molar-refractivity contribution < 1.29 is 9.53 Å². The number of carbonyl (C=O) groups is 1. The number of benzene rings is 1. The largest absolute Gasteiger partial charge is 0.494 e. The number of pyridine rings is 1. The zero-order valence-electron chi connectivity index (χ0n) is 13.9. The van der Waals surface area contributed by atoms with E-state index in [1.807, 2.05) is 43.6 Å². The first-order valence-electron chi connectivity index (χ1n) is 7.81. The van der Waals surface area contributed by atoms with Gasteiger partial charge in [0.2, 0.25) is 5.91 Å². The van der Waals surface area contributed by atoms with E-state index in [9.17, 15) is 4.79 Å². The summed E-state index contributed by atoms with van der Waals surface area (Å²) in [6, 6.07) is 5.84. The zero-order valence-corrected chi connectivity index (χ0v) is 14.7. The van der Waals surface area contributed by atoms with Crippen LogP contribution in [0, 0.1) is 6.92 Å². The second-order valence-electron chi connectivity index (χ2n) is 5.61. The molecule has 0 aliphatic rings. The molecule has 0 saturated carbocycles. The molecular weight excluding hydrogens is 322 g/mol. The van der Waals surface area contributed by atoms with Gasteiger partial charge in [-0.05, 0) is 42.6 Å². The summed E-state index contributed by atoms with van der Waals surface area (Å²) in [5.74, 6) is 0.598. The van der Waals surface area contributed by atoms with Crippen LogP contribution >= 0.6 is 11.5 Å². The smallest absolute Gasteiger partial charge is 0.224 e. The Morgan fingerprint density at radius 2 is 2.17 bits per heavy atom. The van der Waals surface area contributed by atoms with Crippen LogP contribution in [0.15, 0.2) is 29.8 Å². The molecule has 6 heteroatoms. The predicted octanol–water partition coefficient (Wildman–Crippen LogP) is 4.41. The summed E-state index contributed by atoms with van der Waals surface area (Å²) in [7, 11) is 1.59. The lowest BCUT2D eigenvalue weighted by Gasteiger charge is -2.13. The summed E-state index contributed by atoms with van der Waals surface area (Å²) in [5, 5.41) is 5.90. The highest BCUT2D eigenvalue weighted by Crippen LogP contribution is 2.33. The third kappa shape index (κ3) is 3.23. The lowest BCUT2D eigenvalue weighted by molar-refractivity contribution is -0.116. The second kappa shape index (κ2) is 6.97. The van der Waals surface area contributed by atoms with Gasteiger partial charge in [0.15, 0.2) is 0 Å². The molecule has 0 unspecified atom stereocenters. The van der Waals surface area contributed by atoms with Gasteiger partial charge in [0.1, 0.15) is 5.75 Å². The zero-order chi connectivity index (χ0) is 17.1. The number of nitrogens with one attached hydrogen (secondary N) is 1. The summed E-state index contributed by atoms with van der Waals surface area (Å²) in [4.78, 5) is 16.6. The Kier molecular flexibility index (Phi) is 4.76. The number of fused-ring (bicyclic) bond motifs is 1. The number of methoxy groups -OCH3 is 1. The van der Waals surface area contributed by atoms with Gasteiger partial charge < -0.3 is 10.1 Å². The van der Waals surface area contributed by atoms with Crippen LogP contribution in [0.4, 0.5) is 5.69 Å². The molecule has 5 nitrogen and oxygen atoms in total. The summed E-state index contributed by atoms with van der Waals surface area (Å²) in [5.41, 5.74) is 4.50. The van der Waals surface area contributed by atoms with Gasteiger partial charge in [-0.1, -0.05) is 6.92 Å². The van der Waals surface area contributed by atoms with E-state index in [-0.39, 0.29) is 5.91 Å². The molecule has 0 bridgehead atoms. The monoisotopic (exact) mass is 341 g/mol. The summed E-state index contributed by atoms with van der Waals surface area (Å²) in [6.45, 7) is 4.02. The molecule has 1 aromatic carbocycles. The molecule has 3 rings (SSSR count). The molecule has 0 fully saturated rings. The molecule has 0 aliphatic carbocycles. The summed E-state index contributed by atoms with van der Waals surface area (Å²) < 4.78 is 9.57. The van der Waals surface area contributed by atoms with E-state index in [2.05, 4.69) is 9.69 Å². The molecule has 0 aliphatic heterocycles. The standard InChI is InChI=1S/C18H19N3O2S/c1-4-5-18(22)21-16-7-13-11(2)6-14(12-9-19-24-10-12)20-15(13)8-17(16)23-3/h6-10H,4-5H2,1-3H3,(H,21,22). The average Bonchev–Trinajstić information content (AvgIpc) is 3.09. The number of anilines is 1. The molecule has 24 heavy (non-hydrogen) atoms. The Morgan fingerprint density at radius 1 is 1.33 bits per heavy atom. The van der Waals surface area contributed by atoms with Crippen LogP contribution in [-0.2, 0) is 4.79 Å². The maximum Gasteiger partial charge on any atom is 0.224 e. The van der Waals surface area contributed by atoms with Crippen LogP contribution in [0.25, 0.3) is 22.2 Å². The fraction of sp³-hybridized carbons (Fsp3) is 0.278. The van der Waals surface area contributed by atoms with Crippen molar-refractivity contribution in [2.24, 2.45) is 0 Å². The third-order valence-corrected chi connectivity index (χ3v) is 4.40. The maximum atomic E-state index is 11.9. The van der Waals surface area contributed by atoms with E-state index in [1.54, 1.807) is 7.11 Å². The highest BCUT2D eigenvalue weighted by atomic mass is 32.1. The van der Waals surface area contributed by atoms with Crippen molar-refractivity contribution in [3.05, 3.63) is 35.3 Å². The van der Waals surface area contributed by atoms with Gasteiger partial charge in [-0.2, -0.15) is 0 Å². The number of hydrogen-bond donors (Lipinski definition) is 1. The molecule has 0 radical (unpaired) electrons. The predicted molar refractivity (Wildman–Crippen MR) is 97.7 cm³/mol. The van der Waals surface area contributed by atoms with Gasteiger partial charge in [-0.15, -0.1) is 0 Å². The Labute approximate surface area is 144 Å². The summed E-state index contributed by atoms with van der Waals surface area (Å²) >= 11 is 1.41. The van der Waals surface area contributed by atoms with E-state index in [1.165, 1.54) is 11.5 Å². The van der Waals surface area contributed by atoms with Crippen molar-refractivity contribution >= 4 is 34.0 Å². The molecule has 2 aromatic heterocycles. The number of aryl methyl sites for hydroxylation is 1. The quantitative estimate of drug-likeness (QED) is 0.746. The molecule has 0 saturated heterocycles. The van der Waals surface area contributed by atoms with Gasteiger partial charge >= 0.3 is 0 Å². The molecular formula is C18H19N3O2S. The molecule has 0 spiro atoms. The highest BCUT2D eigenvalue weighted by molar-refractivity contribution is 7.03. The maximum absolute atomic E-state index is 11.9. The Morgan fingerprint density at radius 3 is 2.83 bits per heavy atom. The van der Waals surface area contributed by atoms with Crippen molar-refractivity contribution in [2.45, 2.75) is 26.7 Å². The average molecular weight is 341 g/mol. The number of amides is 1. The van der Waals surface area contributed by atoms with Gasteiger partial charge in [-0.25, -0.2) is 9.36 Å². The molecule has 3 aromatic rings. The van der Waals surface area contributed by atoms with Crippen molar-refractivity contribution in [3.8, 4) is 17.0 Å². The van der Waals surface area contributed by atoms with Crippen molar-refractivity contribution in [1.29, 1.82) is 0 Å². The minimum absolute atomic E-state index is 0.0123. The SMILES string of the molecule is CCCC(=O)Nc1cc2c(C)cc(-c3cnsc3)nc2cc1OC. The number of carbonyl (C=O) groups excluding carboxylic acids is 1. The van der Waals surface area contributed by atoms with Crippen molar-refractivity contribution in [3.63, 3.8) is 0 Å². The topological polar surface area (TPSA) is 64.1 Å². The first-order valence-corrected chi connectivity index (χ1v) is 8.65. The van der Waals surface area contributed by atoms with E-state index in [4.69, 9.17) is 9.72 Å². The number of ether oxygens (including phenoxy) is 1. The van der Waals surface area contributed by atoms with Gasteiger partial charge in [0.05, 0.1) is 30.2 Å².